The third-order valence-corrected chi connectivity index (χ3v) is 3.25. The molecule has 0 aliphatic carbocycles. The van der Waals surface area contributed by atoms with Gasteiger partial charge in [-0.05, 0) is 50.3 Å². The van der Waals surface area contributed by atoms with Gasteiger partial charge < -0.3 is 15.6 Å². The molecular weight excluding hydrogens is 214 g/mol. The SMILES string of the molecule is CC1(C)CCc2cc(CC(O)CN)ccc2O1. The van der Waals surface area contributed by atoms with Crippen molar-refractivity contribution in [2.24, 2.45) is 5.73 Å². The Morgan fingerprint density at radius 3 is 2.94 bits per heavy atom. The van der Waals surface area contributed by atoms with Crippen LogP contribution in [0.4, 0.5) is 0 Å². The number of aliphatic hydroxyl groups is 1. The minimum absolute atomic E-state index is 0.0642. The standard InChI is InChI=1S/C14H21NO2/c1-14(2)6-5-11-7-10(8-12(16)9-15)3-4-13(11)17-14/h3-4,7,12,16H,5-6,8-9,15H2,1-2H3. The number of aliphatic hydroxyl groups excluding tert-OH is 1. The van der Waals surface area contributed by atoms with Crippen LogP contribution in [0.15, 0.2) is 18.2 Å². The van der Waals surface area contributed by atoms with E-state index in [0.29, 0.717) is 13.0 Å². The summed E-state index contributed by atoms with van der Waals surface area (Å²) < 4.78 is 5.92. The summed E-state index contributed by atoms with van der Waals surface area (Å²) in [6, 6.07) is 6.15. The van der Waals surface area contributed by atoms with E-state index in [9.17, 15) is 5.11 Å². The first-order valence-electron chi connectivity index (χ1n) is 6.19. The molecule has 1 unspecified atom stereocenters. The van der Waals surface area contributed by atoms with E-state index in [1.54, 1.807) is 0 Å². The molecule has 94 valence electrons. The molecule has 3 N–H and O–H groups in total. The van der Waals surface area contributed by atoms with Crippen molar-refractivity contribution in [3.05, 3.63) is 29.3 Å². The first kappa shape index (κ1) is 12.4. The van der Waals surface area contributed by atoms with Crippen molar-refractivity contribution in [3.8, 4) is 5.75 Å². The summed E-state index contributed by atoms with van der Waals surface area (Å²) in [5.74, 6) is 0.979. The van der Waals surface area contributed by atoms with Crippen LogP contribution < -0.4 is 10.5 Å². The molecule has 0 bridgehead atoms. The van der Waals surface area contributed by atoms with E-state index in [1.165, 1.54) is 5.56 Å². The van der Waals surface area contributed by atoms with E-state index in [4.69, 9.17) is 10.5 Å². The van der Waals surface area contributed by atoms with Crippen LogP contribution in [0.25, 0.3) is 0 Å². The predicted octanol–water partition coefficient (Wildman–Crippen LogP) is 1.65. The smallest absolute Gasteiger partial charge is 0.123 e. The lowest BCUT2D eigenvalue weighted by Gasteiger charge is -2.32. The minimum Gasteiger partial charge on any atom is -0.488 e. The molecule has 1 aliphatic heterocycles. The summed E-state index contributed by atoms with van der Waals surface area (Å²) in [5, 5.41) is 9.54. The lowest BCUT2D eigenvalue weighted by molar-refractivity contribution is 0.0846. The monoisotopic (exact) mass is 235 g/mol. The molecule has 0 saturated heterocycles. The van der Waals surface area contributed by atoms with Gasteiger partial charge in [0.15, 0.2) is 0 Å². The van der Waals surface area contributed by atoms with Crippen LogP contribution in [0, 0.1) is 0 Å². The largest absolute Gasteiger partial charge is 0.488 e. The molecule has 0 spiro atoms. The summed E-state index contributed by atoms with van der Waals surface area (Å²) >= 11 is 0. The summed E-state index contributed by atoms with van der Waals surface area (Å²) in [6.07, 6.45) is 2.24. The number of nitrogens with two attached hydrogens (primary N) is 1. The number of aryl methyl sites for hydroxylation is 1. The number of ether oxygens (including phenoxy) is 1. The van der Waals surface area contributed by atoms with Gasteiger partial charge >= 0.3 is 0 Å². The molecule has 1 aromatic carbocycles. The zero-order chi connectivity index (χ0) is 12.5. The maximum atomic E-state index is 9.54. The van der Waals surface area contributed by atoms with E-state index in [2.05, 4.69) is 19.9 Å². The minimum atomic E-state index is -0.450. The number of fused-ring (bicyclic) bond motifs is 1. The zero-order valence-corrected chi connectivity index (χ0v) is 10.6. The van der Waals surface area contributed by atoms with Gasteiger partial charge in [-0.15, -0.1) is 0 Å². The van der Waals surface area contributed by atoms with Gasteiger partial charge in [-0.3, -0.25) is 0 Å². The molecular formula is C14H21NO2. The van der Waals surface area contributed by atoms with Gasteiger partial charge in [0.25, 0.3) is 0 Å². The van der Waals surface area contributed by atoms with Crippen LogP contribution in [0.3, 0.4) is 0 Å². The van der Waals surface area contributed by atoms with Gasteiger partial charge in [0.1, 0.15) is 11.4 Å². The van der Waals surface area contributed by atoms with Crippen molar-refractivity contribution >= 4 is 0 Å². The fourth-order valence-corrected chi connectivity index (χ4v) is 2.19. The topological polar surface area (TPSA) is 55.5 Å². The highest BCUT2D eigenvalue weighted by Gasteiger charge is 2.26. The predicted molar refractivity (Wildman–Crippen MR) is 68.2 cm³/mol. The highest BCUT2D eigenvalue weighted by Crippen LogP contribution is 2.33. The van der Waals surface area contributed by atoms with Gasteiger partial charge in [0.2, 0.25) is 0 Å². The van der Waals surface area contributed by atoms with Crippen LogP contribution in [0.2, 0.25) is 0 Å². The summed E-state index contributed by atoms with van der Waals surface area (Å²) in [6.45, 7) is 4.53. The highest BCUT2D eigenvalue weighted by atomic mass is 16.5. The molecule has 0 amide bonds. The molecule has 0 radical (unpaired) electrons. The lowest BCUT2D eigenvalue weighted by Crippen LogP contribution is -2.32. The lowest BCUT2D eigenvalue weighted by atomic mass is 9.92. The molecule has 3 nitrogen and oxygen atoms in total. The second kappa shape index (κ2) is 4.67. The van der Waals surface area contributed by atoms with Gasteiger partial charge in [-0.2, -0.15) is 0 Å². The maximum Gasteiger partial charge on any atom is 0.123 e. The van der Waals surface area contributed by atoms with E-state index in [1.807, 2.05) is 12.1 Å². The summed E-state index contributed by atoms with van der Waals surface area (Å²) in [5.41, 5.74) is 7.73. The summed E-state index contributed by atoms with van der Waals surface area (Å²) in [7, 11) is 0. The fourth-order valence-electron chi connectivity index (χ4n) is 2.19. The highest BCUT2D eigenvalue weighted by molar-refractivity contribution is 5.39. The van der Waals surface area contributed by atoms with Crippen LogP contribution in [-0.2, 0) is 12.8 Å². The Morgan fingerprint density at radius 1 is 1.47 bits per heavy atom. The zero-order valence-electron chi connectivity index (χ0n) is 10.6. The fraction of sp³-hybridized carbons (Fsp3) is 0.571. The van der Waals surface area contributed by atoms with Crippen LogP contribution >= 0.6 is 0 Å². The van der Waals surface area contributed by atoms with Crippen molar-refractivity contribution in [1.29, 1.82) is 0 Å². The van der Waals surface area contributed by atoms with Crippen LogP contribution in [-0.4, -0.2) is 23.4 Å². The van der Waals surface area contributed by atoms with Crippen molar-refractivity contribution in [2.75, 3.05) is 6.54 Å². The normalized spacial score (nSPS) is 19.3. The first-order valence-corrected chi connectivity index (χ1v) is 6.19. The first-order chi connectivity index (χ1) is 8.00. The number of benzene rings is 1. The van der Waals surface area contributed by atoms with E-state index < -0.39 is 6.10 Å². The second-order valence-corrected chi connectivity index (χ2v) is 5.40. The Bertz CT molecular complexity index is 401. The molecule has 0 saturated carbocycles. The average molecular weight is 235 g/mol. The number of rotatable bonds is 3. The molecule has 1 atom stereocenters. The molecule has 1 aliphatic rings. The van der Waals surface area contributed by atoms with Gasteiger partial charge in [0, 0.05) is 6.54 Å². The molecule has 2 rings (SSSR count). The quantitative estimate of drug-likeness (QED) is 0.837. The Labute approximate surface area is 103 Å². The Hall–Kier alpha value is -1.06. The maximum absolute atomic E-state index is 9.54. The summed E-state index contributed by atoms with van der Waals surface area (Å²) in [4.78, 5) is 0. The van der Waals surface area contributed by atoms with Crippen molar-refractivity contribution in [1.82, 2.24) is 0 Å². The Kier molecular flexibility index (Phi) is 3.40. The van der Waals surface area contributed by atoms with Crippen molar-refractivity contribution in [2.45, 2.75) is 44.8 Å². The van der Waals surface area contributed by atoms with Gasteiger partial charge in [-0.25, -0.2) is 0 Å². The van der Waals surface area contributed by atoms with Crippen molar-refractivity contribution < 1.29 is 9.84 Å². The number of hydrogen-bond acceptors (Lipinski definition) is 3. The number of hydrogen-bond donors (Lipinski definition) is 2. The molecule has 17 heavy (non-hydrogen) atoms. The Balaban J connectivity index is 2.16. The molecule has 1 aromatic rings. The molecule has 0 fully saturated rings. The van der Waals surface area contributed by atoms with E-state index in [-0.39, 0.29) is 5.60 Å². The molecule has 0 aromatic heterocycles. The van der Waals surface area contributed by atoms with Gasteiger partial charge in [-0.1, -0.05) is 12.1 Å². The third-order valence-electron chi connectivity index (χ3n) is 3.25. The van der Waals surface area contributed by atoms with Crippen LogP contribution in [0.1, 0.15) is 31.4 Å². The second-order valence-electron chi connectivity index (χ2n) is 5.40. The van der Waals surface area contributed by atoms with E-state index in [0.717, 1.165) is 24.2 Å². The third kappa shape index (κ3) is 2.99. The average Bonchev–Trinajstić information content (AvgIpc) is 2.28. The molecule has 1 heterocycles. The molecule has 3 heteroatoms. The van der Waals surface area contributed by atoms with Crippen molar-refractivity contribution in [3.63, 3.8) is 0 Å². The van der Waals surface area contributed by atoms with Gasteiger partial charge in [0.05, 0.1) is 6.10 Å². The Morgan fingerprint density at radius 2 is 2.24 bits per heavy atom. The van der Waals surface area contributed by atoms with Crippen LogP contribution in [0.5, 0.6) is 5.75 Å². The van der Waals surface area contributed by atoms with E-state index >= 15 is 0 Å².